The smallest absolute Gasteiger partial charge is 0.269 e. The van der Waals surface area contributed by atoms with Gasteiger partial charge in [0.05, 0.1) is 29.6 Å². The summed E-state index contributed by atoms with van der Waals surface area (Å²) in [5.41, 5.74) is 2.47. The molecule has 10 heteroatoms. The Bertz CT molecular complexity index is 1980. The van der Waals surface area contributed by atoms with E-state index in [0.717, 1.165) is 5.56 Å². The Morgan fingerprint density at radius 3 is 2.40 bits per heavy atom. The SMILES string of the molecule is C[C@@H](/C=C/CCn1cc(C(CO)c2ccccc2)nn1)[C@]1(O)C(=O)N(c2ccccc2)c2ccc(N3C(=O)COc4ccccc43)cc21. The second kappa shape index (κ2) is 12.9. The molecule has 0 aliphatic carbocycles. The molecule has 3 heterocycles. The third kappa shape index (κ3) is 5.44. The number of aromatic nitrogens is 3. The van der Waals surface area contributed by atoms with E-state index in [9.17, 15) is 19.8 Å². The number of aliphatic hydroxyl groups excluding tert-OH is 1. The van der Waals surface area contributed by atoms with Gasteiger partial charge in [-0.25, -0.2) is 0 Å². The fourth-order valence-corrected chi connectivity index (χ4v) is 6.50. The first-order valence-corrected chi connectivity index (χ1v) is 15.9. The number of para-hydroxylation sites is 3. The molecule has 7 rings (SSSR count). The number of benzene rings is 4. The predicted octanol–water partition coefficient (Wildman–Crippen LogP) is 5.61. The minimum atomic E-state index is -1.91. The lowest BCUT2D eigenvalue weighted by atomic mass is 9.82. The molecule has 2 aliphatic rings. The Hall–Kier alpha value is -5.58. The number of aliphatic hydroxyl groups is 2. The molecular formula is C38H35N5O5. The van der Waals surface area contributed by atoms with E-state index in [0.29, 0.717) is 52.7 Å². The minimum absolute atomic E-state index is 0.0812. The molecule has 1 aromatic heterocycles. The zero-order chi connectivity index (χ0) is 33.3. The molecular weight excluding hydrogens is 606 g/mol. The fraction of sp³-hybridized carbons (Fsp3) is 0.211. The van der Waals surface area contributed by atoms with E-state index in [1.165, 1.54) is 0 Å². The summed E-state index contributed by atoms with van der Waals surface area (Å²) in [5.74, 6) is -1.03. The van der Waals surface area contributed by atoms with E-state index in [2.05, 4.69) is 10.3 Å². The lowest BCUT2D eigenvalue weighted by Gasteiger charge is -2.31. The van der Waals surface area contributed by atoms with Crippen LogP contribution >= 0.6 is 0 Å². The van der Waals surface area contributed by atoms with E-state index in [4.69, 9.17) is 4.74 Å². The van der Waals surface area contributed by atoms with Crippen molar-refractivity contribution in [3.05, 3.63) is 138 Å². The van der Waals surface area contributed by atoms with Crippen LogP contribution in [0.15, 0.2) is 121 Å². The highest BCUT2D eigenvalue weighted by molar-refractivity contribution is 6.13. The van der Waals surface area contributed by atoms with Gasteiger partial charge in [-0.15, -0.1) is 5.10 Å². The Morgan fingerprint density at radius 2 is 1.62 bits per heavy atom. The first kappa shape index (κ1) is 31.0. The summed E-state index contributed by atoms with van der Waals surface area (Å²) in [6.45, 7) is 2.13. The van der Waals surface area contributed by atoms with Crippen LogP contribution in [0.1, 0.15) is 36.1 Å². The number of carbonyl (C=O) groups is 2. The lowest BCUT2D eigenvalue weighted by Crippen LogP contribution is -2.43. The molecule has 48 heavy (non-hydrogen) atoms. The van der Waals surface area contributed by atoms with E-state index < -0.39 is 17.4 Å². The van der Waals surface area contributed by atoms with Crippen molar-refractivity contribution < 1.29 is 24.5 Å². The summed E-state index contributed by atoms with van der Waals surface area (Å²) in [4.78, 5) is 30.5. The minimum Gasteiger partial charge on any atom is -0.482 e. The monoisotopic (exact) mass is 641 g/mol. The third-order valence-electron chi connectivity index (χ3n) is 9.05. The van der Waals surface area contributed by atoms with E-state index in [1.807, 2.05) is 104 Å². The summed E-state index contributed by atoms with van der Waals surface area (Å²) >= 11 is 0. The van der Waals surface area contributed by atoms with Crippen molar-refractivity contribution in [1.29, 1.82) is 0 Å². The van der Waals surface area contributed by atoms with E-state index in [-0.39, 0.29) is 25.0 Å². The number of fused-ring (bicyclic) bond motifs is 2. The number of aryl methyl sites for hydroxylation is 1. The quantitative estimate of drug-likeness (QED) is 0.190. The fourth-order valence-electron chi connectivity index (χ4n) is 6.50. The molecule has 0 saturated heterocycles. The highest BCUT2D eigenvalue weighted by Crippen LogP contribution is 2.50. The highest BCUT2D eigenvalue weighted by atomic mass is 16.5. The van der Waals surface area contributed by atoms with Crippen LogP contribution < -0.4 is 14.5 Å². The van der Waals surface area contributed by atoms with Gasteiger partial charge in [-0.1, -0.05) is 85.0 Å². The van der Waals surface area contributed by atoms with Gasteiger partial charge in [0.2, 0.25) is 0 Å². The average molecular weight is 642 g/mol. The Balaban J connectivity index is 1.16. The number of anilines is 4. The standard InChI is InChI=1S/C38H35N5O5/c1-26(12-10-11-21-41-23-32(39-40-41)30(24-44)27-13-4-2-5-14-27)38(47)31-22-29(42-34-17-8-9-18-35(34)48-25-36(42)45)19-20-33(31)43(37(38)46)28-15-6-3-7-16-28/h2-10,12-20,22-23,26,30,44,47H,11,21,24-25H2,1H3/b12-10+/t26-,30?,38+/m0/s1. The zero-order valence-electron chi connectivity index (χ0n) is 26.4. The van der Waals surface area contributed by atoms with Crippen LogP contribution in [0.5, 0.6) is 5.75 Å². The van der Waals surface area contributed by atoms with Crippen molar-refractivity contribution in [2.75, 3.05) is 23.0 Å². The molecule has 2 N–H and O–H groups in total. The summed E-state index contributed by atoms with van der Waals surface area (Å²) in [6.07, 6.45) is 6.17. The van der Waals surface area contributed by atoms with Crippen LogP contribution in [-0.4, -0.2) is 50.2 Å². The van der Waals surface area contributed by atoms with Gasteiger partial charge in [0.25, 0.3) is 11.8 Å². The van der Waals surface area contributed by atoms with E-state index >= 15 is 0 Å². The van der Waals surface area contributed by atoms with Crippen LogP contribution in [0.2, 0.25) is 0 Å². The Morgan fingerprint density at radius 1 is 0.896 bits per heavy atom. The molecule has 3 atom stereocenters. The average Bonchev–Trinajstić information content (AvgIpc) is 3.68. The maximum absolute atomic E-state index is 14.2. The third-order valence-corrected chi connectivity index (χ3v) is 9.05. The van der Waals surface area contributed by atoms with Crippen molar-refractivity contribution in [3.63, 3.8) is 0 Å². The molecule has 0 spiro atoms. The van der Waals surface area contributed by atoms with Crippen molar-refractivity contribution in [2.45, 2.75) is 31.4 Å². The van der Waals surface area contributed by atoms with Gasteiger partial charge < -0.3 is 14.9 Å². The van der Waals surface area contributed by atoms with Crippen molar-refractivity contribution in [2.24, 2.45) is 5.92 Å². The number of nitrogens with zero attached hydrogens (tertiary/aromatic N) is 5. The van der Waals surface area contributed by atoms with E-state index in [1.54, 1.807) is 38.7 Å². The molecule has 242 valence electrons. The number of ether oxygens (including phenoxy) is 1. The molecule has 1 unspecified atom stereocenters. The predicted molar refractivity (Wildman–Crippen MR) is 181 cm³/mol. The van der Waals surface area contributed by atoms with Crippen LogP contribution in [0.25, 0.3) is 0 Å². The summed E-state index contributed by atoms with van der Waals surface area (Å²) in [5, 5.41) is 30.9. The second-order valence-electron chi connectivity index (χ2n) is 12.0. The topological polar surface area (TPSA) is 121 Å². The first-order chi connectivity index (χ1) is 23.4. The number of hydrogen-bond acceptors (Lipinski definition) is 7. The molecule has 2 aliphatic heterocycles. The van der Waals surface area contributed by atoms with Crippen LogP contribution in [0.3, 0.4) is 0 Å². The molecule has 0 radical (unpaired) electrons. The van der Waals surface area contributed by atoms with Crippen LogP contribution in [0, 0.1) is 5.92 Å². The molecule has 4 aromatic carbocycles. The second-order valence-corrected chi connectivity index (χ2v) is 12.0. The normalized spacial score (nSPS) is 18.5. The van der Waals surface area contributed by atoms with Crippen LogP contribution in [-0.2, 0) is 21.7 Å². The molecule has 0 saturated carbocycles. The number of rotatable bonds is 10. The van der Waals surface area contributed by atoms with Crippen molar-refractivity contribution in [3.8, 4) is 5.75 Å². The van der Waals surface area contributed by atoms with Gasteiger partial charge in [0.15, 0.2) is 12.2 Å². The lowest BCUT2D eigenvalue weighted by molar-refractivity contribution is -0.138. The molecule has 0 bridgehead atoms. The Kier molecular flexibility index (Phi) is 8.34. The molecule has 10 nitrogen and oxygen atoms in total. The first-order valence-electron chi connectivity index (χ1n) is 15.9. The van der Waals surface area contributed by atoms with Crippen LogP contribution in [0.4, 0.5) is 22.7 Å². The summed E-state index contributed by atoms with van der Waals surface area (Å²) in [6, 6.07) is 31.5. The highest BCUT2D eigenvalue weighted by Gasteiger charge is 2.53. The number of hydrogen-bond donors (Lipinski definition) is 2. The van der Waals surface area contributed by atoms with Gasteiger partial charge in [0.1, 0.15) is 5.75 Å². The van der Waals surface area contributed by atoms with Gasteiger partial charge in [-0.3, -0.25) is 24.1 Å². The molecule has 5 aromatic rings. The maximum Gasteiger partial charge on any atom is 0.269 e. The van der Waals surface area contributed by atoms with Gasteiger partial charge in [-0.05, 0) is 54.4 Å². The van der Waals surface area contributed by atoms with Crippen molar-refractivity contribution >= 4 is 34.6 Å². The summed E-state index contributed by atoms with van der Waals surface area (Å²) in [7, 11) is 0. The number of carbonyl (C=O) groups excluding carboxylic acids is 2. The largest absolute Gasteiger partial charge is 0.482 e. The number of amides is 2. The molecule has 2 amide bonds. The van der Waals surface area contributed by atoms with Gasteiger partial charge in [0, 0.05) is 35.6 Å². The van der Waals surface area contributed by atoms with Gasteiger partial charge >= 0.3 is 0 Å². The van der Waals surface area contributed by atoms with Crippen molar-refractivity contribution in [1.82, 2.24) is 15.0 Å². The number of allylic oxidation sites excluding steroid dienone is 1. The molecule has 0 fully saturated rings. The maximum atomic E-state index is 14.2. The summed E-state index contributed by atoms with van der Waals surface area (Å²) < 4.78 is 7.37. The Labute approximate surface area is 278 Å². The zero-order valence-corrected chi connectivity index (χ0v) is 26.4. The van der Waals surface area contributed by atoms with Gasteiger partial charge in [-0.2, -0.15) is 0 Å².